The second-order valence-electron chi connectivity index (χ2n) is 7.37. The number of nitrogens with one attached hydrogen (secondary N) is 2. The van der Waals surface area contributed by atoms with Gasteiger partial charge in [-0.2, -0.15) is 0 Å². The van der Waals surface area contributed by atoms with Crippen LogP contribution in [0.1, 0.15) is 37.8 Å². The number of carbonyl (C=O) groups excluding carboxylic acids is 1. The van der Waals surface area contributed by atoms with Crippen molar-refractivity contribution in [3.8, 4) is 0 Å². The largest absolute Gasteiger partial charge is 0.458 e. The lowest BCUT2D eigenvalue weighted by Gasteiger charge is -2.28. The van der Waals surface area contributed by atoms with Crippen LogP contribution in [0.3, 0.4) is 0 Å². The average Bonchev–Trinajstić information content (AvgIpc) is 2.70. The van der Waals surface area contributed by atoms with Gasteiger partial charge in [0.1, 0.15) is 12.4 Å². The molecule has 2 heterocycles. The number of aromatic nitrogens is 2. The van der Waals surface area contributed by atoms with Gasteiger partial charge >= 0.3 is 5.97 Å². The summed E-state index contributed by atoms with van der Waals surface area (Å²) in [4.78, 5) is 33.4. The van der Waals surface area contributed by atoms with Crippen LogP contribution in [0.15, 0.2) is 58.1 Å². The summed E-state index contributed by atoms with van der Waals surface area (Å²) >= 11 is 7.54. The van der Waals surface area contributed by atoms with Gasteiger partial charge in [0.2, 0.25) is 0 Å². The van der Waals surface area contributed by atoms with Crippen molar-refractivity contribution >= 4 is 35.1 Å². The molecule has 0 fully saturated rings. The third-order valence-corrected chi connectivity index (χ3v) is 6.08. The van der Waals surface area contributed by atoms with Crippen LogP contribution in [0.5, 0.6) is 0 Å². The fourth-order valence-corrected chi connectivity index (χ4v) is 4.15. The Balaban J connectivity index is 2.13. The first-order chi connectivity index (χ1) is 14.3. The lowest BCUT2D eigenvalue weighted by molar-refractivity contribution is -0.138. The highest BCUT2D eigenvalue weighted by Crippen LogP contribution is 2.40. The van der Waals surface area contributed by atoms with E-state index in [-0.39, 0.29) is 12.2 Å². The van der Waals surface area contributed by atoms with Crippen LogP contribution in [0.2, 0.25) is 5.02 Å². The number of H-pyrrole nitrogens is 1. The Kier molecular flexibility index (Phi) is 7.05. The molecule has 1 aliphatic heterocycles. The molecule has 1 aliphatic rings. The Bertz CT molecular complexity index is 1040. The first-order valence-electron chi connectivity index (χ1n) is 9.60. The summed E-state index contributed by atoms with van der Waals surface area (Å²) in [5.41, 5.74) is 1.79. The second-order valence-corrected chi connectivity index (χ2v) is 8.82. The van der Waals surface area contributed by atoms with Crippen LogP contribution in [0.4, 0.5) is 5.82 Å². The standard InChI is InChI=1S/C22H24ClN3O3S/c1-5-10-29-21(28)16-13(4)24-19-18(17(16)14-6-8-15(23)9-7-14)20(27)26-22(25-19)30-11-12(2)3/h5-9,12,17H,1,10-11H2,2-4H3,(H2,24,25,26,27). The van der Waals surface area contributed by atoms with E-state index in [0.29, 0.717) is 38.7 Å². The average molecular weight is 446 g/mol. The minimum atomic E-state index is -0.628. The van der Waals surface area contributed by atoms with Crippen molar-refractivity contribution in [1.82, 2.24) is 9.97 Å². The molecule has 0 saturated carbocycles. The van der Waals surface area contributed by atoms with E-state index in [0.717, 1.165) is 11.3 Å². The summed E-state index contributed by atoms with van der Waals surface area (Å²) in [5.74, 6) is 0.595. The fourth-order valence-electron chi connectivity index (χ4n) is 3.22. The van der Waals surface area contributed by atoms with Gasteiger partial charge in [-0.15, -0.1) is 0 Å². The summed E-state index contributed by atoms with van der Waals surface area (Å²) < 4.78 is 5.30. The van der Waals surface area contributed by atoms with Crippen molar-refractivity contribution in [3.63, 3.8) is 0 Å². The zero-order valence-corrected chi connectivity index (χ0v) is 18.7. The number of nitrogens with zero attached hydrogens (tertiary/aromatic N) is 1. The number of halogens is 1. The topological polar surface area (TPSA) is 84.1 Å². The van der Waals surface area contributed by atoms with Crippen molar-refractivity contribution < 1.29 is 9.53 Å². The maximum absolute atomic E-state index is 13.1. The molecule has 158 valence electrons. The molecule has 1 atom stereocenters. The number of allylic oxidation sites excluding steroid dienone is 1. The molecule has 0 amide bonds. The minimum absolute atomic E-state index is 0.0786. The van der Waals surface area contributed by atoms with E-state index in [9.17, 15) is 9.59 Å². The monoisotopic (exact) mass is 445 g/mol. The maximum atomic E-state index is 13.1. The van der Waals surface area contributed by atoms with Crippen molar-refractivity contribution in [3.05, 3.63) is 74.7 Å². The molecule has 2 aromatic rings. The second kappa shape index (κ2) is 9.53. The number of carbonyl (C=O) groups is 1. The molecule has 30 heavy (non-hydrogen) atoms. The predicted octanol–water partition coefficient (Wildman–Crippen LogP) is 4.73. The van der Waals surface area contributed by atoms with E-state index < -0.39 is 11.9 Å². The van der Waals surface area contributed by atoms with Gasteiger partial charge in [0.25, 0.3) is 5.56 Å². The lowest BCUT2D eigenvalue weighted by atomic mass is 9.82. The highest BCUT2D eigenvalue weighted by Gasteiger charge is 2.36. The third-order valence-electron chi connectivity index (χ3n) is 4.53. The van der Waals surface area contributed by atoms with Crippen molar-refractivity contribution in [2.24, 2.45) is 5.92 Å². The van der Waals surface area contributed by atoms with Gasteiger partial charge in [-0.25, -0.2) is 9.78 Å². The first kappa shape index (κ1) is 22.2. The lowest BCUT2D eigenvalue weighted by Crippen LogP contribution is -2.31. The van der Waals surface area contributed by atoms with Crippen molar-refractivity contribution in [2.75, 3.05) is 17.7 Å². The summed E-state index contributed by atoms with van der Waals surface area (Å²) in [6, 6.07) is 7.07. The van der Waals surface area contributed by atoms with Crippen LogP contribution < -0.4 is 10.9 Å². The molecular formula is C22H24ClN3O3S. The predicted molar refractivity (Wildman–Crippen MR) is 121 cm³/mol. The molecule has 0 radical (unpaired) electrons. The van der Waals surface area contributed by atoms with E-state index in [2.05, 4.69) is 35.7 Å². The van der Waals surface area contributed by atoms with Crippen LogP contribution in [0.25, 0.3) is 0 Å². The number of benzene rings is 1. The van der Waals surface area contributed by atoms with Crippen molar-refractivity contribution in [2.45, 2.75) is 31.8 Å². The van der Waals surface area contributed by atoms with E-state index in [1.54, 1.807) is 31.2 Å². The van der Waals surface area contributed by atoms with Gasteiger partial charge in [0.05, 0.1) is 17.1 Å². The smallest absolute Gasteiger partial charge is 0.337 e. The first-order valence-corrected chi connectivity index (χ1v) is 11.0. The van der Waals surface area contributed by atoms with Crippen LogP contribution in [-0.2, 0) is 9.53 Å². The van der Waals surface area contributed by atoms with Gasteiger partial charge < -0.3 is 15.0 Å². The van der Waals surface area contributed by atoms with E-state index >= 15 is 0 Å². The van der Waals surface area contributed by atoms with E-state index in [4.69, 9.17) is 16.3 Å². The molecule has 8 heteroatoms. The van der Waals surface area contributed by atoms with Gasteiger partial charge in [-0.3, -0.25) is 4.79 Å². The molecule has 6 nitrogen and oxygen atoms in total. The Hall–Kier alpha value is -2.51. The SMILES string of the molecule is C=CCOC(=O)C1=C(C)Nc2nc(SCC(C)C)[nH]c(=O)c2C1c1ccc(Cl)cc1. The highest BCUT2D eigenvalue weighted by atomic mass is 35.5. The van der Waals surface area contributed by atoms with Crippen LogP contribution in [0, 0.1) is 5.92 Å². The molecule has 3 rings (SSSR count). The van der Waals surface area contributed by atoms with E-state index in [1.807, 2.05) is 0 Å². The normalized spacial score (nSPS) is 15.6. The van der Waals surface area contributed by atoms with Gasteiger partial charge in [0, 0.05) is 16.5 Å². The number of anilines is 1. The number of aromatic amines is 1. The van der Waals surface area contributed by atoms with E-state index in [1.165, 1.54) is 17.8 Å². The fraction of sp³-hybridized carbons (Fsp3) is 0.318. The molecule has 1 aromatic heterocycles. The number of hydrogen-bond acceptors (Lipinski definition) is 6. The summed E-state index contributed by atoms with van der Waals surface area (Å²) in [5, 5.41) is 4.24. The molecule has 2 N–H and O–H groups in total. The number of esters is 1. The Morgan fingerprint density at radius 3 is 2.70 bits per heavy atom. The molecule has 0 bridgehead atoms. The molecule has 0 saturated heterocycles. The number of ether oxygens (including phenoxy) is 1. The Labute approximate surface area is 184 Å². The maximum Gasteiger partial charge on any atom is 0.337 e. The molecular weight excluding hydrogens is 422 g/mol. The van der Waals surface area contributed by atoms with Gasteiger partial charge in [-0.1, -0.05) is 62.0 Å². The zero-order chi connectivity index (χ0) is 21.8. The van der Waals surface area contributed by atoms with Crippen molar-refractivity contribution in [1.29, 1.82) is 0 Å². The number of fused-ring (bicyclic) bond motifs is 1. The molecule has 0 spiro atoms. The number of thioether (sulfide) groups is 1. The Morgan fingerprint density at radius 1 is 1.37 bits per heavy atom. The highest BCUT2D eigenvalue weighted by molar-refractivity contribution is 7.99. The summed E-state index contributed by atoms with van der Waals surface area (Å²) in [6.07, 6.45) is 1.50. The van der Waals surface area contributed by atoms with Gasteiger partial charge in [-0.05, 0) is 30.5 Å². The number of hydrogen-bond donors (Lipinski definition) is 2. The third kappa shape index (κ3) is 4.79. The molecule has 0 aliphatic carbocycles. The molecule has 1 aromatic carbocycles. The Morgan fingerprint density at radius 2 is 2.07 bits per heavy atom. The zero-order valence-electron chi connectivity index (χ0n) is 17.1. The summed E-state index contributed by atoms with van der Waals surface area (Å²) in [7, 11) is 0. The quantitative estimate of drug-likeness (QED) is 0.277. The number of rotatable bonds is 7. The minimum Gasteiger partial charge on any atom is -0.458 e. The van der Waals surface area contributed by atoms with Crippen LogP contribution in [-0.4, -0.2) is 28.3 Å². The van der Waals surface area contributed by atoms with Crippen LogP contribution >= 0.6 is 23.4 Å². The molecule has 1 unspecified atom stereocenters. The van der Waals surface area contributed by atoms with Gasteiger partial charge in [0.15, 0.2) is 5.16 Å². The summed E-state index contributed by atoms with van der Waals surface area (Å²) in [6.45, 7) is 9.65.